The second kappa shape index (κ2) is 5.51. The van der Waals surface area contributed by atoms with Gasteiger partial charge in [-0.1, -0.05) is 0 Å². The lowest BCUT2D eigenvalue weighted by Gasteiger charge is -2.18. The first-order chi connectivity index (χ1) is 10.6. The van der Waals surface area contributed by atoms with E-state index >= 15 is 0 Å². The van der Waals surface area contributed by atoms with Gasteiger partial charge in [-0.3, -0.25) is 4.79 Å². The Bertz CT molecular complexity index is 803. The monoisotopic (exact) mass is 299 g/mol. The van der Waals surface area contributed by atoms with Gasteiger partial charge in [0.1, 0.15) is 12.1 Å². The summed E-state index contributed by atoms with van der Waals surface area (Å²) in [7, 11) is 0. The Morgan fingerprint density at radius 2 is 2.14 bits per heavy atom. The summed E-state index contributed by atoms with van der Waals surface area (Å²) < 4.78 is 6.55. The number of fused-ring (bicyclic) bond motifs is 1. The minimum absolute atomic E-state index is 0.0629. The van der Waals surface area contributed by atoms with Crippen molar-refractivity contribution >= 4 is 17.4 Å². The summed E-state index contributed by atoms with van der Waals surface area (Å²) in [5.74, 6) is 0.815. The van der Waals surface area contributed by atoms with Gasteiger partial charge in [-0.2, -0.15) is 4.52 Å². The molecule has 0 atom stereocenters. The number of rotatable bonds is 4. The van der Waals surface area contributed by atoms with E-state index in [-0.39, 0.29) is 5.91 Å². The summed E-state index contributed by atoms with van der Waals surface area (Å²) in [6.07, 6.45) is 3.12. The molecule has 7 heteroatoms. The van der Waals surface area contributed by atoms with Gasteiger partial charge in [-0.15, -0.1) is 5.10 Å². The summed E-state index contributed by atoms with van der Waals surface area (Å²) in [4.78, 5) is 18.6. The molecule has 1 amide bonds. The molecular weight excluding hydrogens is 282 g/mol. The SMILES string of the molecule is CCN(CC)C(=O)c1cc(N)n2nc(-c3ccoc3)nc2c1. The van der Waals surface area contributed by atoms with Crippen LogP contribution in [0.2, 0.25) is 0 Å². The van der Waals surface area contributed by atoms with E-state index in [1.807, 2.05) is 13.8 Å². The number of amides is 1. The van der Waals surface area contributed by atoms with Gasteiger partial charge in [-0.05, 0) is 32.0 Å². The smallest absolute Gasteiger partial charge is 0.254 e. The maximum absolute atomic E-state index is 12.4. The number of nitrogen functional groups attached to an aromatic ring is 1. The predicted octanol–water partition coefficient (Wildman–Crippen LogP) is 2.05. The molecule has 3 rings (SSSR count). The minimum Gasteiger partial charge on any atom is -0.472 e. The Kier molecular flexibility index (Phi) is 3.54. The Labute approximate surface area is 127 Å². The molecular formula is C15H17N5O2. The van der Waals surface area contributed by atoms with E-state index in [9.17, 15) is 4.79 Å². The summed E-state index contributed by atoms with van der Waals surface area (Å²) in [5.41, 5.74) is 7.82. The second-order valence-corrected chi connectivity index (χ2v) is 4.86. The highest BCUT2D eigenvalue weighted by molar-refractivity contribution is 5.96. The van der Waals surface area contributed by atoms with Crippen molar-refractivity contribution in [1.82, 2.24) is 19.5 Å². The van der Waals surface area contributed by atoms with Gasteiger partial charge in [0, 0.05) is 18.7 Å². The number of furan rings is 1. The zero-order chi connectivity index (χ0) is 15.7. The van der Waals surface area contributed by atoms with Crippen LogP contribution in [0.1, 0.15) is 24.2 Å². The molecule has 0 bridgehead atoms. The standard InChI is InChI=1S/C15H17N5O2/c1-3-19(4-2)15(21)11-7-12(16)20-13(8-11)17-14(18-20)10-5-6-22-9-10/h5-9H,3-4,16H2,1-2H3. The van der Waals surface area contributed by atoms with E-state index in [4.69, 9.17) is 10.2 Å². The van der Waals surface area contributed by atoms with E-state index in [1.54, 1.807) is 35.6 Å². The lowest BCUT2D eigenvalue weighted by atomic mass is 10.2. The fourth-order valence-electron chi connectivity index (χ4n) is 2.34. The average molecular weight is 299 g/mol. The molecule has 7 nitrogen and oxygen atoms in total. The molecule has 0 fully saturated rings. The number of nitrogens with zero attached hydrogens (tertiary/aromatic N) is 4. The van der Waals surface area contributed by atoms with Crippen LogP contribution in [0.4, 0.5) is 5.82 Å². The molecule has 3 aromatic heterocycles. The average Bonchev–Trinajstić information content (AvgIpc) is 3.17. The lowest BCUT2D eigenvalue weighted by Crippen LogP contribution is -2.30. The molecule has 114 valence electrons. The van der Waals surface area contributed by atoms with Gasteiger partial charge >= 0.3 is 0 Å². The Morgan fingerprint density at radius 3 is 2.77 bits per heavy atom. The number of hydrogen-bond donors (Lipinski definition) is 1. The predicted molar refractivity (Wildman–Crippen MR) is 82.4 cm³/mol. The number of pyridine rings is 1. The summed E-state index contributed by atoms with van der Waals surface area (Å²) in [5, 5.41) is 4.34. The van der Waals surface area contributed by atoms with E-state index < -0.39 is 0 Å². The molecule has 0 saturated heterocycles. The molecule has 0 aliphatic carbocycles. The molecule has 0 unspecified atom stereocenters. The molecule has 2 N–H and O–H groups in total. The molecule has 22 heavy (non-hydrogen) atoms. The van der Waals surface area contributed by atoms with Crippen molar-refractivity contribution in [3.05, 3.63) is 36.3 Å². The van der Waals surface area contributed by atoms with Gasteiger partial charge in [-0.25, -0.2) is 4.98 Å². The number of carbonyl (C=O) groups is 1. The quantitative estimate of drug-likeness (QED) is 0.796. The van der Waals surface area contributed by atoms with Crippen LogP contribution in [0.5, 0.6) is 0 Å². The molecule has 0 aliphatic rings. The molecule has 0 aromatic carbocycles. The highest BCUT2D eigenvalue weighted by Crippen LogP contribution is 2.20. The van der Waals surface area contributed by atoms with Crippen molar-refractivity contribution in [2.45, 2.75) is 13.8 Å². The first kappa shape index (κ1) is 14.1. The van der Waals surface area contributed by atoms with Gasteiger partial charge in [0.05, 0.1) is 11.8 Å². The fraction of sp³-hybridized carbons (Fsp3) is 0.267. The molecule has 3 heterocycles. The minimum atomic E-state index is -0.0629. The fourth-order valence-corrected chi connectivity index (χ4v) is 2.34. The van der Waals surface area contributed by atoms with Crippen LogP contribution in [0.25, 0.3) is 17.0 Å². The molecule has 0 spiro atoms. The second-order valence-electron chi connectivity index (χ2n) is 4.86. The Morgan fingerprint density at radius 1 is 1.36 bits per heavy atom. The molecule has 0 radical (unpaired) electrons. The summed E-state index contributed by atoms with van der Waals surface area (Å²) in [6.45, 7) is 5.18. The Balaban J connectivity index is 2.06. The molecule has 0 aliphatic heterocycles. The summed E-state index contributed by atoms with van der Waals surface area (Å²) in [6, 6.07) is 5.10. The highest BCUT2D eigenvalue weighted by atomic mass is 16.3. The zero-order valence-electron chi connectivity index (χ0n) is 12.5. The zero-order valence-corrected chi connectivity index (χ0v) is 12.5. The normalized spacial score (nSPS) is 11.0. The van der Waals surface area contributed by atoms with Crippen molar-refractivity contribution in [3.63, 3.8) is 0 Å². The number of anilines is 1. The van der Waals surface area contributed by atoms with Gasteiger partial charge in [0.2, 0.25) is 0 Å². The topological polar surface area (TPSA) is 89.7 Å². The van der Waals surface area contributed by atoms with E-state index in [2.05, 4.69) is 10.1 Å². The van der Waals surface area contributed by atoms with Gasteiger partial charge < -0.3 is 15.1 Å². The number of carbonyl (C=O) groups excluding carboxylic acids is 1. The van der Waals surface area contributed by atoms with Crippen molar-refractivity contribution in [2.75, 3.05) is 18.8 Å². The third-order valence-corrected chi connectivity index (χ3v) is 3.54. The summed E-state index contributed by atoms with van der Waals surface area (Å²) >= 11 is 0. The van der Waals surface area contributed by atoms with E-state index in [1.165, 1.54) is 4.52 Å². The maximum Gasteiger partial charge on any atom is 0.254 e. The van der Waals surface area contributed by atoms with Crippen molar-refractivity contribution in [3.8, 4) is 11.4 Å². The first-order valence-electron chi connectivity index (χ1n) is 7.12. The number of hydrogen-bond acceptors (Lipinski definition) is 5. The lowest BCUT2D eigenvalue weighted by molar-refractivity contribution is 0.0773. The van der Waals surface area contributed by atoms with Crippen LogP contribution in [0.15, 0.2) is 35.1 Å². The van der Waals surface area contributed by atoms with Gasteiger partial charge in [0.25, 0.3) is 5.91 Å². The molecule has 3 aromatic rings. The van der Waals surface area contributed by atoms with Crippen LogP contribution < -0.4 is 5.73 Å². The van der Waals surface area contributed by atoms with E-state index in [0.717, 1.165) is 5.56 Å². The van der Waals surface area contributed by atoms with E-state index in [0.29, 0.717) is 35.9 Å². The number of nitrogens with two attached hydrogens (primary N) is 1. The van der Waals surface area contributed by atoms with Crippen molar-refractivity contribution in [2.24, 2.45) is 0 Å². The Hall–Kier alpha value is -2.83. The van der Waals surface area contributed by atoms with Crippen molar-refractivity contribution < 1.29 is 9.21 Å². The van der Waals surface area contributed by atoms with Crippen LogP contribution in [-0.4, -0.2) is 38.5 Å². The van der Waals surface area contributed by atoms with Gasteiger partial charge in [0.15, 0.2) is 11.5 Å². The van der Waals surface area contributed by atoms with Crippen molar-refractivity contribution in [1.29, 1.82) is 0 Å². The highest BCUT2D eigenvalue weighted by Gasteiger charge is 2.16. The van der Waals surface area contributed by atoms with Crippen LogP contribution in [-0.2, 0) is 0 Å². The molecule has 0 saturated carbocycles. The third kappa shape index (κ3) is 2.30. The maximum atomic E-state index is 12.4. The largest absolute Gasteiger partial charge is 0.472 e. The van der Waals surface area contributed by atoms with Crippen LogP contribution in [0.3, 0.4) is 0 Å². The van der Waals surface area contributed by atoms with Crippen LogP contribution >= 0.6 is 0 Å². The third-order valence-electron chi connectivity index (χ3n) is 3.54. The first-order valence-corrected chi connectivity index (χ1v) is 7.12. The van der Waals surface area contributed by atoms with Crippen LogP contribution in [0, 0.1) is 0 Å². The number of aromatic nitrogens is 3.